The average Bonchev–Trinajstić information content (AvgIpc) is 3.30. The lowest BCUT2D eigenvalue weighted by Gasteiger charge is -2.15. The van der Waals surface area contributed by atoms with E-state index in [-0.39, 0.29) is 5.56 Å². The van der Waals surface area contributed by atoms with Crippen LogP contribution in [0.1, 0.15) is 19.3 Å². The van der Waals surface area contributed by atoms with Crippen molar-refractivity contribution in [3.8, 4) is 5.75 Å². The van der Waals surface area contributed by atoms with Gasteiger partial charge in [0.2, 0.25) is 0 Å². The summed E-state index contributed by atoms with van der Waals surface area (Å²) in [6.07, 6.45) is 5.57. The fourth-order valence-electron chi connectivity index (χ4n) is 3.46. The normalized spacial score (nSPS) is 22.3. The number of rotatable bonds is 4. The van der Waals surface area contributed by atoms with Crippen LogP contribution in [0.3, 0.4) is 0 Å². The van der Waals surface area contributed by atoms with Crippen LogP contribution in [-0.2, 0) is 6.54 Å². The van der Waals surface area contributed by atoms with Crippen molar-refractivity contribution in [3.63, 3.8) is 0 Å². The van der Waals surface area contributed by atoms with Gasteiger partial charge in [0.05, 0.1) is 24.3 Å². The molecule has 0 radical (unpaired) electrons. The van der Waals surface area contributed by atoms with Gasteiger partial charge in [0.1, 0.15) is 5.75 Å². The topological polar surface area (TPSA) is 47.4 Å². The number of hydrogen-bond donors (Lipinski definition) is 0. The molecule has 1 aliphatic heterocycles. The monoisotopic (exact) mass is 299 g/mol. The maximum absolute atomic E-state index is 12.7. The van der Waals surface area contributed by atoms with E-state index in [9.17, 15) is 4.79 Å². The first-order chi connectivity index (χ1) is 10.7. The van der Waals surface area contributed by atoms with Crippen molar-refractivity contribution in [1.82, 2.24) is 14.5 Å². The highest BCUT2D eigenvalue weighted by Crippen LogP contribution is 2.32. The van der Waals surface area contributed by atoms with Crippen molar-refractivity contribution in [1.29, 1.82) is 0 Å². The molecule has 5 heteroatoms. The summed E-state index contributed by atoms with van der Waals surface area (Å²) < 4.78 is 6.98. The molecule has 1 saturated heterocycles. The van der Waals surface area contributed by atoms with Crippen LogP contribution in [-0.4, -0.2) is 40.7 Å². The molecule has 0 amide bonds. The van der Waals surface area contributed by atoms with Gasteiger partial charge in [-0.2, -0.15) is 0 Å². The van der Waals surface area contributed by atoms with Gasteiger partial charge in [0, 0.05) is 19.1 Å². The molecule has 1 aromatic carbocycles. The molecule has 116 valence electrons. The van der Waals surface area contributed by atoms with Crippen molar-refractivity contribution in [2.75, 3.05) is 20.2 Å². The molecule has 1 saturated carbocycles. The van der Waals surface area contributed by atoms with Gasteiger partial charge in [0.25, 0.3) is 5.56 Å². The van der Waals surface area contributed by atoms with E-state index in [0.29, 0.717) is 17.1 Å². The number of likely N-dealkylation sites (tertiary alicyclic amines) is 1. The predicted molar refractivity (Wildman–Crippen MR) is 85.3 cm³/mol. The first-order valence-electron chi connectivity index (χ1n) is 8.02. The third-order valence-electron chi connectivity index (χ3n) is 4.87. The summed E-state index contributed by atoms with van der Waals surface area (Å²) in [6, 6.07) is 6.28. The Kier molecular flexibility index (Phi) is 3.37. The van der Waals surface area contributed by atoms with E-state index < -0.39 is 0 Å². The molecule has 2 aliphatic rings. The fraction of sp³-hybridized carbons (Fsp3) is 0.529. The van der Waals surface area contributed by atoms with Gasteiger partial charge in [-0.15, -0.1) is 0 Å². The largest absolute Gasteiger partial charge is 0.497 e. The van der Waals surface area contributed by atoms with E-state index in [4.69, 9.17) is 4.74 Å². The highest BCUT2D eigenvalue weighted by Gasteiger charge is 2.34. The Balaban J connectivity index is 1.59. The predicted octanol–water partition coefficient (Wildman–Crippen LogP) is 1.89. The second-order valence-corrected chi connectivity index (χ2v) is 6.47. The quantitative estimate of drug-likeness (QED) is 0.865. The van der Waals surface area contributed by atoms with Gasteiger partial charge in [-0.05, 0) is 49.9 Å². The highest BCUT2D eigenvalue weighted by molar-refractivity contribution is 5.78. The molecule has 2 aromatic rings. The molecule has 22 heavy (non-hydrogen) atoms. The van der Waals surface area contributed by atoms with Crippen molar-refractivity contribution in [2.24, 2.45) is 5.92 Å². The molecule has 0 N–H and O–H groups in total. The highest BCUT2D eigenvalue weighted by atomic mass is 16.5. The number of methoxy groups -OCH3 is 1. The Labute approximate surface area is 129 Å². The number of hydrogen-bond acceptors (Lipinski definition) is 4. The Bertz CT molecular complexity index is 751. The molecule has 1 aliphatic carbocycles. The Morgan fingerprint density at radius 3 is 2.95 bits per heavy atom. The summed E-state index contributed by atoms with van der Waals surface area (Å²) in [4.78, 5) is 19.7. The molecule has 0 bridgehead atoms. The van der Waals surface area contributed by atoms with Crippen LogP contribution < -0.4 is 10.3 Å². The standard InChI is InChI=1S/C17H21N3O2/c1-22-14-4-5-16-15(8-14)17(21)20(11-18-16)10-12-6-7-19(9-12)13-2-3-13/h4-5,8,11-13H,2-3,6-7,9-10H2,1H3. The first-order valence-corrected chi connectivity index (χ1v) is 8.02. The molecule has 4 rings (SSSR count). The molecule has 0 spiro atoms. The van der Waals surface area contributed by atoms with Crippen LogP contribution in [0.4, 0.5) is 0 Å². The number of nitrogens with zero attached hydrogens (tertiary/aromatic N) is 3. The van der Waals surface area contributed by atoms with E-state index in [1.807, 2.05) is 12.1 Å². The van der Waals surface area contributed by atoms with Crippen molar-refractivity contribution < 1.29 is 4.74 Å². The number of aromatic nitrogens is 2. The molecular weight excluding hydrogens is 278 g/mol. The van der Waals surface area contributed by atoms with Gasteiger partial charge >= 0.3 is 0 Å². The molecule has 2 fully saturated rings. The summed E-state index contributed by atoms with van der Waals surface area (Å²) in [5.41, 5.74) is 0.766. The maximum atomic E-state index is 12.7. The lowest BCUT2D eigenvalue weighted by Crippen LogP contribution is -2.27. The minimum Gasteiger partial charge on any atom is -0.497 e. The van der Waals surface area contributed by atoms with Gasteiger partial charge in [-0.3, -0.25) is 9.36 Å². The first kappa shape index (κ1) is 13.8. The molecule has 1 aromatic heterocycles. The average molecular weight is 299 g/mol. The summed E-state index contributed by atoms with van der Waals surface area (Å²) in [5, 5.41) is 0.638. The Hall–Kier alpha value is -1.88. The molecule has 2 heterocycles. The maximum Gasteiger partial charge on any atom is 0.261 e. The van der Waals surface area contributed by atoms with Crippen molar-refractivity contribution in [3.05, 3.63) is 34.9 Å². The summed E-state index contributed by atoms with van der Waals surface area (Å²) in [6.45, 7) is 3.06. The Morgan fingerprint density at radius 2 is 2.18 bits per heavy atom. The Morgan fingerprint density at radius 1 is 1.32 bits per heavy atom. The molecule has 1 atom stereocenters. The number of ether oxygens (including phenoxy) is 1. The second-order valence-electron chi connectivity index (χ2n) is 6.47. The van der Waals surface area contributed by atoms with E-state index in [1.54, 1.807) is 24.1 Å². The number of benzene rings is 1. The number of fused-ring (bicyclic) bond motifs is 1. The molecular formula is C17H21N3O2. The third-order valence-corrected chi connectivity index (χ3v) is 4.87. The van der Waals surface area contributed by atoms with Crippen LogP contribution >= 0.6 is 0 Å². The van der Waals surface area contributed by atoms with E-state index in [2.05, 4.69) is 9.88 Å². The zero-order valence-electron chi connectivity index (χ0n) is 12.9. The zero-order valence-corrected chi connectivity index (χ0v) is 12.9. The smallest absolute Gasteiger partial charge is 0.261 e. The van der Waals surface area contributed by atoms with Crippen molar-refractivity contribution in [2.45, 2.75) is 31.8 Å². The fourth-order valence-corrected chi connectivity index (χ4v) is 3.46. The van der Waals surface area contributed by atoms with Gasteiger partial charge in [-0.25, -0.2) is 4.98 Å². The van der Waals surface area contributed by atoms with Crippen LogP contribution in [0.25, 0.3) is 10.9 Å². The van der Waals surface area contributed by atoms with E-state index >= 15 is 0 Å². The SMILES string of the molecule is COc1ccc2ncn(CC3CCN(C4CC4)C3)c(=O)c2c1. The van der Waals surface area contributed by atoms with Gasteiger partial charge in [-0.1, -0.05) is 0 Å². The van der Waals surface area contributed by atoms with Crippen LogP contribution in [0.5, 0.6) is 5.75 Å². The summed E-state index contributed by atoms with van der Waals surface area (Å²) >= 11 is 0. The lowest BCUT2D eigenvalue weighted by molar-refractivity contribution is 0.306. The summed E-state index contributed by atoms with van der Waals surface area (Å²) in [7, 11) is 1.61. The minimum absolute atomic E-state index is 0.0359. The van der Waals surface area contributed by atoms with E-state index in [0.717, 1.165) is 24.6 Å². The zero-order chi connectivity index (χ0) is 15.1. The van der Waals surface area contributed by atoms with Crippen LogP contribution in [0.2, 0.25) is 0 Å². The van der Waals surface area contributed by atoms with Crippen LogP contribution in [0.15, 0.2) is 29.3 Å². The van der Waals surface area contributed by atoms with E-state index in [1.165, 1.54) is 25.8 Å². The van der Waals surface area contributed by atoms with Crippen molar-refractivity contribution >= 4 is 10.9 Å². The molecule has 5 nitrogen and oxygen atoms in total. The minimum atomic E-state index is 0.0359. The summed E-state index contributed by atoms with van der Waals surface area (Å²) in [5.74, 6) is 1.26. The van der Waals surface area contributed by atoms with Crippen LogP contribution in [0, 0.1) is 5.92 Å². The second kappa shape index (κ2) is 5.39. The van der Waals surface area contributed by atoms with Gasteiger partial charge < -0.3 is 9.64 Å². The third kappa shape index (κ3) is 2.50. The van der Waals surface area contributed by atoms with Gasteiger partial charge in [0.15, 0.2) is 0 Å². The molecule has 1 unspecified atom stereocenters. The lowest BCUT2D eigenvalue weighted by atomic mass is 10.1.